The molecule has 5 heteroatoms. The quantitative estimate of drug-likeness (QED) is 0.772. The molecule has 22 heavy (non-hydrogen) atoms. The van der Waals surface area contributed by atoms with E-state index in [1.165, 1.54) is 11.8 Å². The summed E-state index contributed by atoms with van der Waals surface area (Å²) in [6.07, 6.45) is 0. The number of hydrogen-bond acceptors (Lipinski definition) is 3. The van der Waals surface area contributed by atoms with E-state index in [1.807, 2.05) is 56.3 Å². The minimum atomic E-state index is -0.0790. The first kappa shape index (κ1) is 16.7. The number of rotatable bonds is 6. The molecule has 0 aliphatic heterocycles. The van der Waals surface area contributed by atoms with Crippen molar-refractivity contribution in [3.8, 4) is 5.75 Å². The number of nitrogens with one attached hydrogen (secondary N) is 1. The summed E-state index contributed by atoms with van der Waals surface area (Å²) in [5.41, 5.74) is 1.70. The Morgan fingerprint density at radius 1 is 1.23 bits per heavy atom. The number of halogens is 1. The molecule has 0 radical (unpaired) electrons. The van der Waals surface area contributed by atoms with Gasteiger partial charge in [0.2, 0.25) is 5.91 Å². The number of hydrogen-bond donors (Lipinski definition) is 1. The van der Waals surface area contributed by atoms with Gasteiger partial charge in [-0.25, -0.2) is 0 Å². The summed E-state index contributed by atoms with van der Waals surface area (Å²) in [6.45, 7) is 4.55. The van der Waals surface area contributed by atoms with Gasteiger partial charge in [-0.15, -0.1) is 11.8 Å². The first-order chi connectivity index (χ1) is 10.6. The molecule has 0 atom stereocenters. The van der Waals surface area contributed by atoms with Gasteiger partial charge in [-0.1, -0.05) is 17.7 Å². The molecule has 0 aliphatic rings. The van der Waals surface area contributed by atoms with Gasteiger partial charge in [-0.3, -0.25) is 4.79 Å². The molecule has 0 heterocycles. The molecule has 0 spiro atoms. The smallest absolute Gasteiger partial charge is 0.234 e. The third-order valence-corrected chi connectivity index (χ3v) is 4.23. The molecule has 3 nitrogen and oxygen atoms in total. The zero-order valence-electron chi connectivity index (χ0n) is 12.6. The molecule has 0 aromatic heterocycles. The largest absolute Gasteiger partial charge is 0.494 e. The molecule has 0 aliphatic carbocycles. The maximum Gasteiger partial charge on any atom is 0.234 e. The standard InChI is InChI=1S/C17H18ClNO2S/c1-3-21-13-5-7-14(8-6-13)22-11-17(20)19-16-9-4-12(2)10-15(16)18/h4-10H,3,11H2,1-2H3,(H,19,20). The lowest BCUT2D eigenvalue weighted by Gasteiger charge is -2.08. The van der Waals surface area contributed by atoms with Gasteiger partial charge in [0.05, 0.1) is 23.1 Å². The normalized spacial score (nSPS) is 10.3. The van der Waals surface area contributed by atoms with E-state index in [-0.39, 0.29) is 5.91 Å². The SMILES string of the molecule is CCOc1ccc(SCC(=O)Nc2ccc(C)cc2Cl)cc1. The third kappa shape index (κ3) is 4.97. The average molecular weight is 336 g/mol. The maximum atomic E-state index is 12.0. The summed E-state index contributed by atoms with van der Waals surface area (Å²) in [7, 11) is 0. The van der Waals surface area contributed by atoms with Crippen LogP contribution in [0, 0.1) is 6.92 Å². The summed E-state index contributed by atoms with van der Waals surface area (Å²) < 4.78 is 5.39. The van der Waals surface area contributed by atoms with E-state index in [1.54, 1.807) is 0 Å². The summed E-state index contributed by atoms with van der Waals surface area (Å²) in [5.74, 6) is 1.09. The number of ether oxygens (including phenoxy) is 1. The average Bonchev–Trinajstić information content (AvgIpc) is 2.50. The summed E-state index contributed by atoms with van der Waals surface area (Å²) in [4.78, 5) is 13.0. The lowest BCUT2D eigenvalue weighted by molar-refractivity contribution is -0.113. The Bertz CT molecular complexity index is 644. The summed E-state index contributed by atoms with van der Waals surface area (Å²) >= 11 is 7.58. The Balaban J connectivity index is 1.87. The van der Waals surface area contributed by atoms with Gasteiger partial charge < -0.3 is 10.1 Å². The van der Waals surface area contributed by atoms with E-state index in [0.717, 1.165) is 16.2 Å². The van der Waals surface area contributed by atoms with E-state index in [4.69, 9.17) is 16.3 Å². The van der Waals surface area contributed by atoms with E-state index in [2.05, 4.69) is 5.32 Å². The molecular formula is C17H18ClNO2S. The number of carbonyl (C=O) groups excluding carboxylic acids is 1. The first-order valence-corrected chi connectivity index (χ1v) is 8.36. The Morgan fingerprint density at radius 3 is 2.59 bits per heavy atom. The zero-order chi connectivity index (χ0) is 15.9. The predicted octanol–water partition coefficient (Wildman–Crippen LogP) is 4.78. The van der Waals surface area contributed by atoms with E-state index in [9.17, 15) is 4.79 Å². The highest BCUT2D eigenvalue weighted by molar-refractivity contribution is 8.00. The maximum absolute atomic E-state index is 12.0. The van der Waals surface area contributed by atoms with Gasteiger partial charge >= 0.3 is 0 Å². The number of carbonyl (C=O) groups is 1. The van der Waals surface area contributed by atoms with Crippen LogP contribution in [0.25, 0.3) is 0 Å². The molecule has 0 saturated carbocycles. The van der Waals surface area contributed by atoms with E-state index < -0.39 is 0 Å². The summed E-state index contributed by atoms with van der Waals surface area (Å²) in [6, 6.07) is 13.3. The van der Waals surface area contributed by atoms with Crippen molar-refractivity contribution in [2.24, 2.45) is 0 Å². The van der Waals surface area contributed by atoms with Crippen molar-refractivity contribution in [1.82, 2.24) is 0 Å². The monoisotopic (exact) mass is 335 g/mol. The van der Waals surface area contributed by atoms with Crippen LogP contribution in [-0.2, 0) is 4.79 Å². The molecule has 2 rings (SSSR count). The molecular weight excluding hydrogens is 318 g/mol. The fourth-order valence-electron chi connectivity index (χ4n) is 1.86. The van der Waals surface area contributed by atoms with Crippen molar-refractivity contribution in [2.45, 2.75) is 18.7 Å². The highest BCUT2D eigenvalue weighted by atomic mass is 35.5. The Kier molecular flexibility index (Phi) is 6.16. The van der Waals surface area contributed by atoms with Crippen LogP contribution in [-0.4, -0.2) is 18.3 Å². The zero-order valence-corrected chi connectivity index (χ0v) is 14.1. The number of anilines is 1. The van der Waals surface area contributed by atoms with Crippen LogP contribution in [0.1, 0.15) is 12.5 Å². The molecule has 1 amide bonds. The van der Waals surface area contributed by atoms with Crippen molar-refractivity contribution in [1.29, 1.82) is 0 Å². The van der Waals surface area contributed by atoms with Crippen LogP contribution in [0.15, 0.2) is 47.4 Å². The van der Waals surface area contributed by atoms with Crippen LogP contribution in [0.4, 0.5) is 5.69 Å². The van der Waals surface area contributed by atoms with Crippen molar-refractivity contribution < 1.29 is 9.53 Å². The van der Waals surface area contributed by atoms with Gasteiger partial charge in [0.15, 0.2) is 0 Å². The van der Waals surface area contributed by atoms with Crippen molar-refractivity contribution in [2.75, 3.05) is 17.7 Å². The van der Waals surface area contributed by atoms with Gasteiger partial charge in [-0.05, 0) is 55.8 Å². The number of benzene rings is 2. The lowest BCUT2D eigenvalue weighted by Crippen LogP contribution is -2.14. The van der Waals surface area contributed by atoms with Crippen molar-refractivity contribution >= 4 is 35.0 Å². The number of aryl methyl sites for hydroxylation is 1. The molecule has 1 N–H and O–H groups in total. The Labute approximate surface area is 140 Å². The van der Waals surface area contributed by atoms with Crippen LogP contribution in [0.2, 0.25) is 5.02 Å². The fourth-order valence-corrected chi connectivity index (χ4v) is 2.84. The molecule has 0 fully saturated rings. The molecule has 2 aromatic rings. The lowest BCUT2D eigenvalue weighted by atomic mass is 10.2. The van der Waals surface area contributed by atoms with E-state index in [0.29, 0.717) is 23.1 Å². The Morgan fingerprint density at radius 2 is 1.95 bits per heavy atom. The second kappa shape index (κ2) is 8.11. The van der Waals surface area contributed by atoms with Crippen LogP contribution < -0.4 is 10.1 Å². The van der Waals surface area contributed by atoms with Gasteiger partial charge in [-0.2, -0.15) is 0 Å². The second-order valence-corrected chi connectivity index (χ2v) is 6.18. The fraction of sp³-hybridized carbons (Fsp3) is 0.235. The molecule has 0 saturated heterocycles. The molecule has 0 unspecified atom stereocenters. The van der Waals surface area contributed by atoms with Gasteiger partial charge in [0.25, 0.3) is 0 Å². The molecule has 2 aromatic carbocycles. The second-order valence-electron chi connectivity index (χ2n) is 4.72. The topological polar surface area (TPSA) is 38.3 Å². The van der Waals surface area contributed by atoms with Gasteiger partial charge in [0.1, 0.15) is 5.75 Å². The number of thioether (sulfide) groups is 1. The number of amides is 1. The highest BCUT2D eigenvalue weighted by Gasteiger charge is 2.07. The van der Waals surface area contributed by atoms with Crippen LogP contribution in [0.5, 0.6) is 5.75 Å². The van der Waals surface area contributed by atoms with Crippen molar-refractivity contribution in [3.05, 3.63) is 53.1 Å². The van der Waals surface area contributed by atoms with Crippen LogP contribution >= 0.6 is 23.4 Å². The first-order valence-electron chi connectivity index (χ1n) is 7.00. The summed E-state index contributed by atoms with van der Waals surface area (Å²) in [5, 5.41) is 3.38. The molecule has 116 valence electrons. The minimum Gasteiger partial charge on any atom is -0.494 e. The Hall–Kier alpha value is -1.65. The highest BCUT2D eigenvalue weighted by Crippen LogP contribution is 2.24. The minimum absolute atomic E-state index is 0.0790. The van der Waals surface area contributed by atoms with E-state index >= 15 is 0 Å². The van der Waals surface area contributed by atoms with Crippen LogP contribution in [0.3, 0.4) is 0 Å². The van der Waals surface area contributed by atoms with Crippen molar-refractivity contribution in [3.63, 3.8) is 0 Å². The molecule has 0 bridgehead atoms. The third-order valence-electron chi connectivity index (χ3n) is 2.90. The predicted molar refractivity (Wildman–Crippen MR) is 93.2 cm³/mol. The van der Waals surface area contributed by atoms with Gasteiger partial charge in [0, 0.05) is 4.90 Å².